The van der Waals surface area contributed by atoms with Crippen LogP contribution in [0.4, 0.5) is 10.5 Å². The van der Waals surface area contributed by atoms with E-state index in [9.17, 15) is 4.79 Å². The second-order valence-electron chi connectivity index (χ2n) is 4.83. The number of carbonyl (C=O) groups is 1. The predicted molar refractivity (Wildman–Crippen MR) is 94.0 cm³/mol. The molecule has 0 aromatic heterocycles. The van der Waals surface area contributed by atoms with Crippen LogP contribution in [-0.2, 0) is 11.3 Å². The number of amides is 1. The molecular formula is C14H21IN4O2. The second kappa shape index (κ2) is 8.06. The number of nitrogens with zero attached hydrogens (tertiary/aromatic N) is 2. The van der Waals surface area contributed by atoms with Gasteiger partial charge < -0.3 is 15.4 Å². The largest absolute Gasteiger partial charge is 0.453 e. The molecule has 0 radical (unpaired) electrons. The van der Waals surface area contributed by atoms with Crippen LogP contribution in [0.5, 0.6) is 0 Å². The standard InChI is InChI=1S/C14H20N4O2.HI/c1-18(12-7-8-12)13(15)16-9-10-3-5-11(6-4-10)17-14(19)20-2;/h3-6,12H,7-9H2,1-2H3,(H2,15,16)(H,17,19);1H. The number of rotatable bonds is 4. The van der Waals surface area contributed by atoms with Crippen LogP contribution >= 0.6 is 24.0 Å². The Morgan fingerprint density at radius 3 is 2.57 bits per heavy atom. The molecule has 0 bridgehead atoms. The molecule has 1 aliphatic rings. The van der Waals surface area contributed by atoms with Crippen LogP contribution < -0.4 is 11.1 Å². The maximum Gasteiger partial charge on any atom is 0.411 e. The van der Waals surface area contributed by atoms with Gasteiger partial charge in [-0.25, -0.2) is 9.79 Å². The molecule has 0 saturated heterocycles. The molecule has 116 valence electrons. The number of aliphatic imine (C=N–C) groups is 1. The Morgan fingerprint density at radius 1 is 1.43 bits per heavy atom. The van der Waals surface area contributed by atoms with Gasteiger partial charge in [0.15, 0.2) is 5.96 Å². The van der Waals surface area contributed by atoms with Crippen LogP contribution in [0.1, 0.15) is 18.4 Å². The Labute approximate surface area is 141 Å². The Morgan fingerprint density at radius 2 is 2.05 bits per heavy atom. The number of hydrogen-bond donors (Lipinski definition) is 2. The van der Waals surface area contributed by atoms with Crippen LogP contribution in [0, 0.1) is 0 Å². The summed E-state index contributed by atoms with van der Waals surface area (Å²) >= 11 is 0. The maximum absolute atomic E-state index is 11.0. The van der Waals surface area contributed by atoms with Crippen molar-refractivity contribution in [2.45, 2.75) is 25.4 Å². The molecule has 6 nitrogen and oxygen atoms in total. The smallest absolute Gasteiger partial charge is 0.411 e. The van der Waals surface area contributed by atoms with E-state index >= 15 is 0 Å². The van der Waals surface area contributed by atoms with Gasteiger partial charge in [0, 0.05) is 18.8 Å². The lowest BCUT2D eigenvalue weighted by Gasteiger charge is -2.16. The van der Waals surface area contributed by atoms with Crippen LogP contribution in [-0.4, -0.2) is 37.2 Å². The molecule has 0 heterocycles. The number of hydrogen-bond acceptors (Lipinski definition) is 3. The summed E-state index contributed by atoms with van der Waals surface area (Å²) < 4.78 is 4.52. The van der Waals surface area contributed by atoms with E-state index in [-0.39, 0.29) is 24.0 Å². The minimum absolute atomic E-state index is 0. The Hall–Kier alpha value is -1.51. The zero-order chi connectivity index (χ0) is 14.5. The first kappa shape index (κ1) is 17.5. The van der Waals surface area contributed by atoms with Gasteiger partial charge in [0.2, 0.25) is 0 Å². The number of halogens is 1. The Kier molecular flexibility index (Phi) is 6.73. The average molecular weight is 404 g/mol. The lowest BCUT2D eigenvalue weighted by Crippen LogP contribution is -2.35. The highest BCUT2D eigenvalue weighted by Crippen LogP contribution is 2.24. The van der Waals surface area contributed by atoms with Gasteiger partial charge in [-0.2, -0.15) is 0 Å². The Balaban J connectivity index is 0.00000220. The number of guanidine groups is 1. The monoisotopic (exact) mass is 404 g/mol. The average Bonchev–Trinajstić information content (AvgIpc) is 3.29. The van der Waals surface area contributed by atoms with E-state index in [1.54, 1.807) is 0 Å². The van der Waals surface area contributed by atoms with Gasteiger partial charge in [-0.1, -0.05) is 12.1 Å². The number of nitrogens with two attached hydrogens (primary N) is 1. The van der Waals surface area contributed by atoms with Gasteiger partial charge in [0.1, 0.15) is 0 Å². The molecular weight excluding hydrogens is 383 g/mol. The van der Waals surface area contributed by atoms with Crippen molar-refractivity contribution in [2.24, 2.45) is 10.7 Å². The number of anilines is 1. The van der Waals surface area contributed by atoms with Crippen LogP contribution in [0.25, 0.3) is 0 Å². The molecule has 1 aromatic carbocycles. The topological polar surface area (TPSA) is 79.9 Å². The number of carbonyl (C=O) groups excluding carboxylic acids is 1. The SMILES string of the molecule is COC(=O)Nc1ccc(CN=C(N)N(C)C2CC2)cc1.I. The van der Waals surface area contributed by atoms with E-state index < -0.39 is 6.09 Å². The molecule has 7 heteroatoms. The van der Waals surface area contributed by atoms with Crippen molar-refractivity contribution in [2.75, 3.05) is 19.5 Å². The third kappa shape index (κ3) is 5.41. The molecule has 0 aliphatic heterocycles. The van der Waals surface area contributed by atoms with Crippen LogP contribution in [0.2, 0.25) is 0 Å². The van der Waals surface area contributed by atoms with E-state index in [1.165, 1.54) is 20.0 Å². The van der Waals surface area contributed by atoms with E-state index in [2.05, 4.69) is 15.0 Å². The fourth-order valence-corrected chi connectivity index (χ4v) is 1.80. The molecule has 1 aromatic rings. The third-order valence-electron chi connectivity index (χ3n) is 3.27. The van der Waals surface area contributed by atoms with E-state index in [4.69, 9.17) is 5.73 Å². The van der Waals surface area contributed by atoms with E-state index in [0.29, 0.717) is 24.2 Å². The minimum Gasteiger partial charge on any atom is -0.453 e. The molecule has 21 heavy (non-hydrogen) atoms. The molecule has 1 fully saturated rings. The van der Waals surface area contributed by atoms with E-state index in [0.717, 1.165) is 5.56 Å². The van der Waals surface area contributed by atoms with Crippen molar-refractivity contribution in [3.8, 4) is 0 Å². The molecule has 1 aliphatic carbocycles. The molecule has 0 atom stereocenters. The highest BCUT2D eigenvalue weighted by molar-refractivity contribution is 14.0. The molecule has 0 spiro atoms. The van der Waals surface area contributed by atoms with Crippen molar-refractivity contribution in [1.82, 2.24) is 4.90 Å². The summed E-state index contributed by atoms with van der Waals surface area (Å²) in [4.78, 5) is 17.4. The minimum atomic E-state index is -0.480. The lowest BCUT2D eigenvalue weighted by atomic mass is 10.2. The van der Waals surface area contributed by atoms with Crippen molar-refractivity contribution in [1.29, 1.82) is 0 Å². The number of ether oxygens (including phenoxy) is 1. The zero-order valence-electron chi connectivity index (χ0n) is 12.2. The summed E-state index contributed by atoms with van der Waals surface area (Å²) in [7, 11) is 3.30. The number of benzene rings is 1. The summed E-state index contributed by atoms with van der Waals surface area (Å²) in [5.41, 5.74) is 7.64. The number of nitrogens with one attached hydrogen (secondary N) is 1. The van der Waals surface area contributed by atoms with Crippen molar-refractivity contribution in [3.63, 3.8) is 0 Å². The first-order valence-electron chi connectivity index (χ1n) is 6.57. The Bertz CT molecular complexity index is 500. The van der Waals surface area contributed by atoms with Crippen LogP contribution in [0.15, 0.2) is 29.3 Å². The van der Waals surface area contributed by atoms with Gasteiger partial charge >= 0.3 is 6.09 Å². The van der Waals surface area contributed by atoms with Gasteiger partial charge in [-0.05, 0) is 30.5 Å². The highest BCUT2D eigenvalue weighted by atomic mass is 127. The fraction of sp³-hybridized carbons (Fsp3) is 0.429. The quantitative estimate of drug-likeness (QED) is 0.459. The first-order chi connectivity index (χ1) is 9.60. The lowest BCUT2D eigenvalue weighted by molar-refractivity contribution is 0.187. The molecule has 1 amide bonds. The van der Waals surface area contributed by atoms with Crippen LogP contribution in [0.3, 0.4) is 0 Å². The van der Waals surface area contributed by atoms with Gasteiger partial charge in [-0.3, -0.25) is 5.32 Å². The molecule has 1 saturated carbocycles. The van der Waals surface area contributed by atoms with Gasteiger partial charge in [0.25, 0.3) is 0 Å². The molecule has 0 unspecified atom stereocenters. The summed E-state index contributed by atoms with van der Waals surface area (Å²) in [6, 6.07) is 7.98. The van der Waals surface area contributed by atoms with Crippen molar-refractivity contribution < 1.29 is 9.53 Å². The summed E-state index contributed by atoms with van der Waals surface area (Å²) in [5.74, 6) is 0.573. The van der Waals surface area contributed by atoms with Gasteiger partial charge in [0.05, 0.1) is 13.7 Å². The summed E-state index contributed by atoms with van der Waals surface area (Å²) in [6.07, 6.45) is 1.91. The normalized spacial score (nSPS) is 14.1. The van der Waals surface area contributed by atoms with Crippen molar-refractivity contribution >= 4 is 41.7 Å². The van der Waals surface area contributed by atoms with Crippen molar-refractivity contribution in [3.05, 3.63) is 29.8 Å². The van der Waals surface area contributed by atoms with E-state index in [1.807, 2.05) is 36.2 Å². The third-order valence-corrected chi connectivity index (χ3v) is 3.27. The first-order valence-corrected chi connectivity index (χ1v) is 6.57. The fourth-order valence-electron chi connectivity index (χ4n) is 1.80. The maximum atomic E-state index is 11.0. The molecule has 2 rings (SSSR count). The van der Waals surface area contributed by atoms with Gasteiger partial charge in [-0.15, -0.1) is 24.0 Å². The summed E-state index contributed by atoms with van der Waals surface area (Å²) in [5, 5.41) is 2.60. The summed E-state index contributed by atoms with van der Waals surface area (Å²) in [6.45, 7) is 0.529. The second-order valence-corrected chi connectivity index (χ2v) is 4.83. The zero-order valence-corrected chi connectivity index (χ0v) is 14.5. The predicted octanol–water partition coefficient (Wildman–Crippen LogP) is 2.39. The number of methoxy groups -OCH3 is 1. The molecule has 3 N–H and O–H groups in total. The highest BCUT2D eigenvalue weighted by Gasteiger charge is 2.27.